The Labute approximate surface area is 181 Å². The van der Waals surface area contributed by atoms with E-state index in [2.05, 4.69) is 40.1 Å². The molecule has 2 aromatic rings. The minimum Gasteiger partial charge on any atom is -0.484 e. The number of thiophene rings is 1. The second kappa shape index (κ2) is 12.6. The lowest BCUT2D eigenvalue weighted by molar-refractivity contribution is -0.119. The number of halogens is 1. The number of benzene rings is 1. The van der Waals surface area contributed by atoms with Gasteiger partial charge in [-0.1, -0.05) is 25.1 Å². The molecule has 1 aromatic carbocycles. The average Bonchev–Trinajstić information content (AvgIpc) is 3.18. The van der Waals surface area contributed by atoms with E-state index in [4.69, 9.17) is 10.5 Å². The van der Waals surface area contributed by atoms with Gasteiger partial charge in [-0.25, -0.2) is 0 Å². The molecule has 148 valence electrons. The SMILES string of the molecule is CN=C(NCCc1ccc(OCC(N)=O)cc1)NCC(C)c1cccs1.I. The predicted molar refractivity (Wildman–Crippen MR) is 122 cm³/mol. The fourth-order valence-corrected chi connectivity index (χ4v) is 3.16. The monoisotopic (exact) mass is 502 g/mol. The van der Waals surface area contributed by atoms with Crippen LogP contribution in [0.25, 0.3) is 0 Å². The van der Waals surface area contributed by atoms with Crippen LogP contribution in [0.15, 0.2) is 46.8 Å². The molecule has 1 aromatic heterocycles. The lowest BCUT2D eigenvalue weighted by Crippen LogP contribution is -2.39. The van der Waals surface area contributed by atoms with Crippen molar-refractivity contribution in [2.24, 2.45) is 10.7 Å². The van der Waals surface area contributed by atoms with E-state index in [1.165, 1.54) is 10.4 Å². The number of hydrogen-bond donors (Lipinski definition) is 3. The Kier molecular flexibility index (Phi) is 10.8. The molecule has 0 radical (unpaired) electrons. The molecular weight excluding hydrogens is 475 g/mol. The van der Waals surface area contributed by atoms with Gasteiger partial charge in [0.25, 0.3) is 5.91 Å². The normalized spacial score (nSPS) is 12.0. The largest absolute Gasteiger partial charge is 0.484 e. The third kappa shape index (κ3) is 8.61. The molecule has 8 heteroatoms. The first-order valence-electron chi connectivity index (χ1n) is 8.56. The number of rotatable bonds is 9. The van der Waals surface area contributed by atoms with Crippen LogP contribution in [0.5, 0.6) is 5.75 Å². The minimum atomic E-state index is -0.481. The summed E-state index contributed by atoms with van der Waals surface area (Å²) in [6, 6.07) is 11.9. The van der Waals surface area contributed by atoms with Crippen LogP contribution in [-0.4, -0.2) is 38.6 Å². The molecule has 4 N–H and O–H groups in total. The maximum absolute atomic E-state index is 10.7. The molecule has 0 aliphatic rings. The van der Waals surface area contributed by atoms with Crippen molar-refractivity contribution in [3.8, 4) is 5.75 Å². The van der Waals surface area contributed by atoms with E-state index >= 15 is 0 Å². The van der Waals surface area contributed by atoms with Gasteiger partial charge in [0.05, 0.1) is 0 Å². The maximum Gasteiger partial charge on any atom is 0.255 e. The number of carbonyl (C=O) groups excluding carboxylic acids is 1. The summed E-state index contributed by atoms with van der Waals surface area (Å²) in [6.07, 6.45) is 0.858. The van der Waals surface area contributed by atoms with E-state index in [0.29, 0.717) is 11.7 Å². The summed E-state index contributed by atoms with van der Waals surface area (Å²) in [5.41, 5.74) is 6.23. The first kappa shape index (κ1) is 23.2. The Balaban J connectivity index is 0.00000364. The van der Waals surface area contributed by atoms with Gasteiger partial charge in [0.15, 0.2) is 12.6 Å². The summed E-state index contributed by atoms with van der Waals surface area (Å²) < 4.78 is 5.25. The molecule has 1 unspecified atom stereocenters. The van der Waals surface area contributed by atoms with Crippen LogP contribution in [0.2, 0.25) is 0 Å². The molecule has 1 heterocycles. The summed E-state index contributed by atoms with van der Waals surface area (Å²) in [7, 11) is 1.77. The van der Waals surface area contributed by atoms with Crippen molar-refractivity contribution in [3.63, 3.8) is 0 Å². The van der Waals surface area contributed by atoms with Crippen LogP contribution < -0.4 is 21.1 Å². The standard InChI is InChI=1S/C19H26N4O2S.HI/c1-14(17-4-3-11-26-17)12-23-19(21-2)22-10-9-15-5-7-16(8-6-15)25-13-18(20)24;/h3-8,11,14H,9-10,12-13H2,1-2H3,(H2,20,24)(H2,21,22,23);1H. The molecule has 0 spiro atoms. The number of guanidine groups is 1. The molecule has 0 bridgehead atoms. The molecule has 6 nitrogen and oxygen atoms in total. The number of primary amides is 1. The zero-order valence-corrected chi connectivity index (χ0v) is 18.8. The third-order valence-electron chi connectivity index (χ3n) is 3.84. The van der Waals surface area contributed by atoms with Gasteiger partial charge in [-0.2, -0.15) is 0 Å². The van der Waals surface area contributed by atoms with Crippen molar-refractivity contribution in [2.45, 2.75) is 19.3 Å². The van der Waals surface area contributed by atoms with Gasteiger partial charge >= 0.3 is 0 Å². The second-order valence-electron chi connectivity index (χ2n) is 5.95. The highest BCUT2D eigenvalue weighted by atomic mass is 127. The van der Waals surface area contributed by atoms with E-state index in [-0.39, 0.29) is 30.6 Å². The van der Waals surface area contributed by atoms with Crippen molar-refractivity contribution >= 4 is 47.2 Å². The van der Waals surface area contributed by atoms with E-state index in [1.54, 1.807) is 18.4 Å². The second-order valence-corrected chi connectivity index (χ2v) is 6.92. The van der Waals surface area contributed by atoms with E-state index in [9.17, 15) is 4.79 Å². The van der Waals surface area contributed by atoms with Crippen LogP contribution in [0, 0.1) is 0 Å². The Hall–Kier alpha value is -1.81. The van der Waals surface area contributed by atoms with E-state index < -0.39 is 5.91 Å². The Morgan fingerprint density at radius 2 is 2.00 bits per heavy atom. The number of carbonyl (C=O) groups is 1. The lowest BCUT2D eigenvalue weighted by Gasteiger charge is -2.15. The van der Waals surface area contributed by atoms with Crippen molar-refractivity contribution in [3.05, 3.63) is 52.2 Å². The summed E-state index contributed by atoms with van der Waals surface area (Å²) >= 11 is 1.78. The number of nitrogens with zero attached hydrogens (tertiary/aromatic N) is 1. The number of nitrogens with one attached hydrogen (secondary N) is 2. The minimum absolute atomic E-state index is 0. The molecule has 1 amide bonds. The first-order valence-corrected chi connectivity index (χ1v) is 9.44. The summed E-state index contributed by atoms with van der Waals surface area (Å²) in [6.45, 7) is 3.71. The van der Waals surface area contributed by atoms with E-state index in [0.717, 1.165) is 25.5 Å². The molecule has 1 atom stereocenters. The highest BCUT2D eigenvalue weighted by Gasteiger charge is 2.07. The summed E-state index contributed by atoms with van der Waals surface area (Å²) in [4.78, 5) is 16.3. The highest BCUT2D eigenvalue weighted by molar-refractivity contribution is 14.0. The Morgan fingerprint density at radius 3 is 2.59 bits per heavy atom. The van der Waals surface area contributed by atoms with Crippen molar-refractivity contribution in [1.82, 2.24) is 10.6 Å². The van der Waals surface area contributed by atoms with Crippen LogP contribution >= 0.6 is 35.3 Å². The van der Waals surface area contributed by atoms with Gasteiger partial charge in [0.1, 0.15) is 5.75 Å². The lowest BCUT2D eigenvalue weighted by atomic mass is 10.1. The Morgan fingerprint density at radius 1 is 1.26 bits per heavy atom. The van der Waals surface area contributed by atoms with Crippen LogP contribution in [0.3, 0.4) is 0 Å². The summed E-state index contributed by atoms with van der Waals surface area (Å²) in [5.74, 6) is 1.41. The van der Waals surface area contributed by atoms with Crippen molar-refractivity contribution in [2.75, 3.05) is 26.7 Å². The molecular formula is C19H27IN4O2S. The number of aliphatic imine (C=N–C) groups is 1. The zero-order valence-electron chi connectivity index (χ0n) is 15.6. The van der Waals surface area contributed by atoms with Gasteiger partial charge in [-0.3, -0.25) is 9.79 Å². The molecule has 0 aliphatic heterocycles. The fraction of sp³-hybridized carbons (Fsp3) is 0.368. The van der Waals surface area contributed by atoms with Crippen molar-refractivity contribution < 1.29 is 9.53 Å². The average molecular weight is 502 g/mol. The first-order chi connectivity index (χ1) is 12.6. The number of amides is 1. The molecule has 0 fully saturated rings. The summed E-state index contributed by atoms with van der Waals surface area (Å²) in [5, 5.41) is 8.79. The molecule has 27 heavy (non-hydrogen) atoms. The van der Waals surface area contributed by atoms with Gasteiger partial charge < -0.3 is 21.1 Å². The predicted octanol–water partition coefficient (Wildman–Crippen LogP) is 2.74. The van der Waals surface area contributed by atoms with Crippen LogP contribution in [0.1, 0.15) is 23.3 Å². The van der Waals surface area contributed by atoms with Gasteiger partial charge in [-0.05, 0) is 35.6 Å². The quantitative estimate of drug-likeness (QED) is 0.280. The molecule has 0 aliphatic carbocycles. The Bertz CT molecular complexity index is 705. The van der Waals surface area contributed by atoms with E-state index in [1.807, 2.05) is 24.3 Å². The van der Waals surface area contributed by atoms with Crippen molar-refractivity contribution in [1.29, 1.82) is 0 Å². The van der Waals surface area contributed by atoms with Gasteiger partial charge in [0.2, 0.25) is 0 Å². The zero-order chi connectivity index (χ0) is 18.8. The molecule has 0 saturated heterocycles. The number of ether oxygens (including phenoxy) is 1. The molecule has 0 saturated carbocycles. The topological polar surface area (TPSA) is 88.7 Å². The number of nitrogens with two attached hydrogens (primary N) is 1. The number of hydrogen-bond acceptors (Lipinski definition) is 4. The van der Waals surface area contributed by atoms with Gasteiger partial charge in [-0.15, -0.1) is 35.3 Å². The maximum atomic E-state index is 10.7. The smallest absolute Gasteiger partial charge is 0.255 e. The van der Waals surface area contributed by atoms with Gasteiger partial charge in [0, 0.05) is 30.9 Å². The third-order valence-corrected chi connectivity index (χ3v) is 4.94. The van der Waals surface area contributed by atoms with Crippen LogP contribution in [0.4, 0.5) is 0 Å². The fourth-order valence-electron chi connectivity index (χ4n) is 2.37. The highest BCUT2D eigenvalue weighted by Crippen LogP contribution is 2.19. The van der Waals surface area contributed by atoms with Crippen LogP contribution in [-0.2, 0) is 11.2 Å². The molecule has 2 rings (SSSR count).